The molecule has 1 fully saturated rings. The monoisotopic (exact) mass is 262 g/mol. The molecule has 0 heterocycles. The summed E-state index contributed by atoms with van der Waals surface area (Å²) in [6.07, 6.45) is 12.9. The minimum atomic E-state index is 0.336. The summed E-state index contributed by atoms with van der Waals surface area (Å²) < 4.78 is 0. The quantitative estimate of drug-likeness (QED) is 0.660. The molecule has 2 aliphatic rings. The molecule has 2 rings (SSSR count). The van der Waals surface area contributed by atoms with Crippen molar-refractivity contribution >= 4 is 5.78 Å². The maximum atomic E-state index is 12.6. The highest BCUT2D eigenvalue weighted by molar-refractivity contribution is 5.97. The Morgan fingerprint density at radius 1 is 1.05 bits per heavy atom. The van der Waals surface area contributed by atoms with Crippen LogP contribution >= 0.6 is 0 Å². The fourth-order valence-corrected chi connectivity index (χ4v) is 3.72. The number of ketones is 1. The molecule has 1 nitrogen and oxygen atoms in total. The van der Waals surface area contributed by atoms with E-state index >= 15 is 0 Å². The van der Waals surface area contributed by atoms with E-state index in [4.69, 9.17) is 0 Å². The van der Waals surface area contributed by atoms with Gasteiger partial charge in [0.25, 0.3) is 0 Å². The maximum absolute atomic E-state index is 12.6. The number of hydrogen-bond donors (Lipinski definition) is 0. The summed E-state index contributed by atoms with van der Waals surface area (Å²) in [6, 6.07) is 0. The average molecular weight is 262 g/mol. The zero-order valence-electron chi connectivity index (χ0n) is 13.0. The summed E-state index contributed by atoms with van der Waals surface area (Å²) >= 11 is 0. The lowest BCUT2D eigenvalue weighted by atomic mass is 9.68. The molecule has 0 aliphatic heterocycles. The van der Waals surface area contributed by atoms with E-state index in [0.717, 1.165) is 37.2 Å². The van der Waals surface area contributed by atoms with Crippen molar-refractivity contribution in [2.45, 2.75) is 78.6 Å². The third-order valence-electron chi connectivity index (χ3n) is 5.18. The number of carbonyl (C=O) groups is 1. The topological polar surface area (TPSA) is 17.1 Å². The number of Topliss-reactive ketones (excluding diaryl/α,β-unsaturated/α-hetero) is 1. The molecule has 1 saturated carbocycles. The Bertz CT molecular complexity index is 337. The van der Waals surface area contributed by atoms with E-state index in [1.807, 2.05) is 0 Å². The van der Waals surface area contributed by atoms with Crippen molar-refractivity contribution in [1.82, 2.24) is 0 Å². The van der Waals surface area contributed by atoms with Crippen LogP contribution in [0.5, 0.6) is 0 Å². The molecular formula is C18H30O. The van der Waals surface area contributed by atoms with Crippen LogP contribution in [0, 0.1) is 17.3 Å². The molecule has 0 radical (unpaired) electrons. The predicted molar refractivity (Wildman–Crippen MR) is 81.1 cm³/mol. The minimum absolute atomic E-state index is 0.336. The third-order valence-corrected chi connectivity index (χ3v) is 5.18. The van der Waals surface area contributed by atoms with Gasteiger partial charge < -0.3 is 0 Å². The van der Waals surface area contributed by atoms with Crippen LogP contribution in [0.3, 0.4) is 0 Å². The highest BCUT2D eigenvalue weighted by atomic mass is 16.1. The smallest absolute Gasteiger partial charge is 0.161 e. The molecule has 0 unspecified atom stereocenters. The molecule has 0 aromatic heterocycles. The lowest BCUT2D eigenvalue weighted by Gasteiger charge is -2.36. The molecule has 0 N–H and O–H groups in total. The normalized spacial score (nSPS) is 29.5. The van der Waals surface area contributed by atoms with Crippen molar-refractivity contribution in [2.24, 2.45) is 17.3 Å². The summed E-state index contributed by atoms with van der Waals surface area (Å²) in [5, 5.41) is 0. The molecule has 0 atom stereocenters. The van der Waals surface area contributed by atoms with Crippen LogP contribution in [-0.4, -0.2) is 5.78 Å². The number of rotatable bonds is 2. The Labute approximate surface area is 118 Å². The molecule has 2 aliphatic carbocycles. The standard InChI is InChI=1S/C18H30O/c1-18(2,3)16-12-10-15(11-13-16)17(19)14-8-6-4-5-7-9-14/h8,15-16H,4-7,9-13H2,1-3H3. The van der Waals surface area contributed by atoms with E-state index in [9.17, 15) is 4.79 Å². The van der Waals surface area contributed by atoms with Crippen LogP contribution in [0.4, 0.5) is 0 Å². The molecule has 0 aromatic carbocycles. The van der Waals surface area contributed by atoms with Gasteiger partial charge >= 0.3 is 0 Å². The van der Waals surface area contributed by atoms with Gasteiger partial charge in [0, 0.05) is 5.92 Å². The number of carbonyl (C=O) groups excluding carboxylic acids is 1. The number of allylic oxidation sites excluding steroid dienone is 2. The van der Waals surface area contributed by atoms with Gasteiger partial charge in [0.05, 0.1) is 0 Å². The van der Waals surface area contributed by atoms with Crippen molar-refractivity contribution in [3.05, 3.63) is 11.6 Å². The lowest BCUT2D eigenvalue weighted by Crippen LogP contribution is -2.29. The number of hydrogen-bond acceptors (Lipinski definition) is 1. The fourth-order valence-electron chi connectivity index (χ4n) is 3.72. The Balaban J connectivity index is 1.90. The van der Waals surface area contributed by atoms with E-state index < -0.39 is 0 Å². The second kappa shape index (κ2) is 6.24. The summed E-state index contributed by atoms with van der Waals surface area (Å²) in [6.45, 7) is 7.02. The van der Waals surface area contributed by atoms with E-state index in [-0.39, 0.29) is 0 Å². The summed E-state index contributed by atoms with van der Waals surface area (Å²) in [4.78, 5) is 12.6. The van der Waals surface area contributed by atoms with Gasteiger partial charge in [0.15, 0.2) is 5.78 Å². The van der Waals surface area contributed by atoms with Gasteiger partial charge in [-0.15, -0.1) is 0 Å². The first-order valence-electron chi connectivity index (χ1n) is 8.21. The van der Waals surface area contributed by atoms with Crippen molar-refractivity contribution in [3.63, 3.8) is 0 Å². The fraction of sp³-hybridized carbons (Fsp3) is 0.833. The Morgan fingerprint density at radius 3 is 2.37 bits per heavy atom. The first-order chi connectivity index (χ1) is 8.98. The van der Waals surface area contributed by atoms with Crippen LogP contribution in [0.15, 0.2) is 11.6 Å². The maximum Gasteiger partial charge on any atom is 0.161 e. The van der Waals surface area contributed by atoms with Gasteiger partial charge in [0.1, 0.15) is 0 Å². The zero-order valence-corrected chi connectivity index (χ0v) is 13.0. The summed E-state index contributed by atoms with van der Waals surface area (Å²) in [5.41, 5.74) is 1.58. The predicted octanol–water partition coefficient (Wildman–Crippen LogP) is 5.30. The van der Waals surface area contributed by atoms with Gasteiger partial charge in [-0.1, -0.05) is 33.3 Å². The summed E-state index contributed by atoms with van der Waals surface area (Å²) in [5.74, 6) is 1.64. The molecule has 0 bridgehead atoms. The Morgan fingerprint density at radius 2 is 1.74 bits per heavy atom. The van der Waals surface area contributed by atoms with Crippen LogP contribution in [0.25, 0.3) is 0 Å². The van der Waals surface area contributed by atoms with Gasteiger partial charge in [-0.2, -0.15) is 0 Å². The lowest BCUT2D eigenvalue weighted by molar-refractivity contribution is -0.120. The van der Waals surface area contributed by atoms with E-state index in [1.54, 1.807) is 0 Å². The molecule has 0 amide bonds. The molecule has 0 saturated heterocycles. The van der Waals surface area contributed by atoms with E-state index in [0.29, 0.717) is 17.1 Å². The van der Waals surface area contributed by atoms with Gasteiger partial charge in [0.2, 0.25) is 0 Å². The Kier molecular flexibility index (Phi) is 4.86. The molecule has 0 spiro atoms. The highest BCUT2D eigenvalue weighted by Gasteiger charge is 2.33. The highest BCUT2D eigenvalue weighted by Crippen LogP contribution is 2.41. The van der Waals surface area contributed by atoms with Gasteiger partial charge in [-0.3, -0.25) is 4.79 Å². The molecule has 108 valence electrons. The molecule has 19 heavy (non-hydrogen) atoms. The molecule has 1 heteroatoms. The second-order valence-electron chi connectivity index (χ2n) is 7.61. The van der Waals surface area contributed by atoms with Crippen molar-refractivity contribution in [2.75, 3.05) is 0 Å². The SMILES string of the molecule is CC(C)(C)C1CCC(C(=O)C2=CCCCCC2)CC1. The van der Waals surface area contributed by atoms with Crippen molar-refractivity contribution in [1.29, 1.82) is 0 Å². The van der Waals surface area contributed by atoms with Gasteiger partial charge in [-0.25, -0.2) is 0 Å². The zero-order chi connectivity index (χ0) is 13.9. The molecular weight excluding hydrogens is 232 g/mol. The minimum Gasteiger partial charge on any atom is -0.294 e. The third kappa shape index (κ3) is 3.94. The second-order valence-corrected chi connectivity index (χ2v) is 7.61. The first-order valence-corrected chi connectivity index (χ1v) is 8.21. The molecule has 0 aromatic rings. The Hall–Kier alpha value is -0.590. The largest absolute Gasteiger partial charge is 0.294 e. The van der Waals surface area contributed by atoms with Crippen molar-refractivity contribution < 1.29 is 4.79 Å². The van der Waals surface area contributed by atoms with E-state index in [2.05, 4.69) is 26.8 Å². The van der Waals surface area contributed by atoms with Crippen molar-refractivity contribution in [3.8, 4) is 0 Å². The first kappa shape index (κ1) is 14.8. The van der Waals surface area contributed by atoms with Crippen LogP contribution in [0.1, 0.15) is 78.6 Å². The van der Waals surface area contributed by atoms with Gasteiger partial charge in [-0.05, 0) is 68.3 Å². The van der Waals surface area contributed by atoms with Crippen LogP contribution in [-0.2, 0) is 4.79 Å². The van der Waals surface area contributed by atoms with E-state index in [1.165, 1.54) is 32.1 Å². The summed E-state index contributed by atoms with van der Waals surface area (Å²) in [7, 11) is 0. The van der Waals surface area contributed by atoms with Crippen LogP contribution in [0.2, 0.25) is 0 Å². The average Bonchev–Trinajstić information content (AvgIpc) is 2.66. The van der Waals surface area contributed by atoms with Crippen LogP contribution < -0.4 is 0 Å².